The molecule has 1 heterocycles. The predicted octanol–water partition coefficient (Wildman–Crippen LogP) is 6.73. The van der Waals surface area contributed by atoms with Crippen molar-refractivity contribution >= 4 is 39.9 Å². The molecule has 0 aliphatic rings. The number of benzene rings is 4. The zero-order valence-corrected chi connectivity index (χ0v) is 21.6. The fourth-order valence-electron chi connectivity index (χ4n) is 4.22. The molecule has 5 aromatic rings. The Bertz CT molecular complexity index is 1680. The molecule has 0 aliphatic heterocycles. The molecule has 5 rings (SSSR count). The van der Waals surface area contributed by atoms with Crippen LogP contribution in [-0.2, 0) is 6.54 Å². The van der Waals surface area contributed by atoms with Crippen LogP contribution in [0.25, 0.3) is 22.0 Å². The highest BCUT2D eigenvalue weighted by Crippen LogP contribution is 2.23. The standard InChI is InChI=1S/C30H25ClN4O3/c1-19-32-28-15-12-25(34-30(37)33-24-5-3-4-23(31)16-24)17-27(28)29(36)35(19)18-20-6-8-21(9-7-20)22-10-13-26(38-2)14-11-22/h3-17H,18H2,1-2H3,(H2,33,34,37). The van der Waals surface area contributed by atoms with E-state index in [0.29, 0.717) is 39.7 Å². The third kappa shape index (κ3) is 5.53. The lowest BCUT2D eigenvalue weighted by molar-refractivity contribution is 0.262. The first-order chi connectivity index (χ1) is 18.4. The van der Waals surface area contributed by atoms with Gasteiger partial charge in [0.05, 0.1) is 24.6 Å². The van der Waals surface area contributed by atoms with Crippen molar-refractivity contribution in [3.63, 3.8) is 0 Å². The van der Waals surface area contributed by atoms with Crippen molar-refractivity contribution < 1.29 is 9.53 Å². The lowest BCUT2D eigenvalue weighted by atomic mass is 10.0. The molecule has 4 aromatic carbocycles. The number of nitrogens with zero attached hydrogens (tertiary/aromatic N) is 2. The summed E-state index contributed by atoms with van der Waals surface area (Å²) >= 11 is 5.98. The zero-order valence-electron chi connectivity index (χ0n) is 20.9. The summed E-state index contributed by atoms with van der Waals surface area (Å²) in [6.07, 6.45) is 0. The highest BCUT2D eigenvalue weighted by atomic mass is 35.5. The average Bonchev–Trinajstić information content (AvgIpc) is 2.92. The van der Waals surface area contributed by atoms with E-state index >= 15 is 0 Å². The van der Waals surface area contributed by atoms with Gasteiger partial charge >= 0.3 is 6.03 Å². The minimum atomic E-state index is -0.441. The van der Waals surface area contributed by atoms with Gasteiger partial charge in [-0.15, -0.1) is 0 Å². The number of hydrogen-bond acceptors (Lipinski definition) is 4. The first kappa shape index (κ1) is 25.0. The molecule has 2 N–H and O–H groups in total. The number of amides is 2. The Labute approximate surface area is 224 Å². The second-order valence-electron chi connectivity index (χ2n) is 8.80. The van der Waals surface area contributed by atoms with Crippen molar-refractivity contribution in [2.75, 3.05) is 17.7 Å². The molecule has 0 saturated heterocycles. The smallest absolute Gasteiger partial charge is 0.323 e. The lowest BCUT2D eigenvalue weighted by Crippen LogP contribution is -2.25. The molecule has 7 nitrogen and oxygen atoms in total. The molecule has 8 heteroatoms. The van der Waals surface area contributed by atoms with Gasteiger partial charge in [-0.1, -0.05) is 54.1 Å². The molecule has 38 heavy (non-hydrogen) atoms. The number of methoxy groups -OCH3 is 1. The van der Waals surface area contributed by atoms with Gasteiger partial charge in [-0.2, -0.15) is 0 Å². The number of carbonyl (C=O) groups excluding carboxylic acids is 1. The van der Waals surface area contributed by atoms with Crippen LogP contribution in [0.15, 0.2) is 95.8 Å². The molecule has 2 amide bonds. The highest BCUT2D eigenvalue weighted by molar-refractivity contribution is 6.30. The van der Waals surface area contributed by atoms with E-state index in [2.05, 4.69) is 15.6 Å². The summed E-state index contributed by atoms with van der Waals surface area (Å²) in [6.45, 7) is 2.20. The number of rotatable bonds is 6. The fraction of sp³-hybridized carbons (Fsp3) is 0.100. The van der Waals surface area contributed by atoms with Crippen molar-refractivity contribution in [1.82, 2.24) is 9.55 Å². The van der Waals surface area contributed by atoms with Gasteiger partial charge in [-0.05, 0) is 72.1 Å². The molecule has 0 bridgehead atoms. The van der Waals surface area contributed by atoms with Gasteiger partial charge in [-0.3, -0.25) is 9.36 Å². The van der Waals surface area contributed by atoms with E-state index in [-0.39, 0.29) is 5.56 Å². The van der Waals surface area contributed by atoms with Crippen LogP contribution < -0.4 is 20.9 Å². The van der Waals surface area contributed by atoms with E-state index in [4.69, 9.17) is 16.3 Å². The summed E-state index contributed by atoms with van der Waals surface area (Å²) < 4.78 is 6.87. The quantitative estimate of drug-likeness (QED) is 0.258. The van der Waals surface area contributed by atoms with E-state index in [1.165, 1.54) is 0 Å². The summed E-state index contributed by atoms with van der Waals surface area (Å²) in [5.74, 6) is 1.42. The minimum Gasteiger partial charge on any atom is -0.497 e. The molecule has 1 aromatic heterocycles. The Balaban J connectivity index is 1.36. The second kappa shape index (κ2) is 10.8. The van der Waals surface area contributed by atoms with Gasteiger partial charge in [0.25, 0.3) is 5.56 Å². The van der Waals surface area contributed by atoms with Crippen molar-refractivity contribution in [3.05, 3.63) is 118 Å². The van der Waals surface area contributed by atoms with Crippen LogP contribution in [0.5, 0.6) is 5.75 Å². The molecule has 0 radical (unpaired) electrons. The third-order valence-electron chi connectivity index (χ3n) is 6.20. The predicted molar refractivity (Wildman–Crippen MR) is 152 cm³/mol. The van der Waals surface area contributed by atoms with Gasteiger partial charge in [0.1, 0.15) is 11.6 Å². The maximum Gasteiger partial charge on any atom is 0.323 e. The number of nitrogens with one attached hydrogen (secondary N) is 2. The summed E-state index contributed by atoms with van der Waals surface area (Å²) in [6, 6.07) is 27.5. The van der Waals surface area contributed by atoms with E-state index in [1.54, 1.807) is 54.1 Å². The largest absolute Gasteiger partial charge is 0.497 e. The Morgan fingerprint density at radius 2 is 1.55 bits per heavy atom. The maximum atomic E-state index is 13.4. The molecule has 0 unspecified atom stereocenters. The Morgan fingerprint density at radius 1 is 0.895 bits per heavy atom. The molecule has 190 valence electrons. The number of aryl methyl sites for hydroxylation is 1. The van der Waals surface area contributed by atoms with Crippen LogP contribution in [0.4, 0.5) is 16.2 Å². The number of carbonyl (C=O) groups is 1. The number of anilines is 2. The number of ether oxygens (including phenoxy) is 1. The number of hydrogen-bond donors (Lipinski definition) is 2. The van der Waals surface area contributed by atoms with Crippen LogP contribution in [0, 0.1) is 6.92 Å². The Morgan fingerprint density at radius 3 is 2.21 bits per heavy atom. The van der Waals surface area contributed by atoms with Gasteiger partial charge in [-0.25, -0.2) is 9.78 Å². The van der Waals surface area contributed by atoms with Gasteiger partial charge in [0, 0.05) is 16.4 Å². The highest BCUT2D eigenvalue weighted by Gasteiger charge is 2.11. The fourth-order valence-corrected chi connectivity index (χ4v) is 4.41. The minimum absolute atomic E-state index is 0.175. The van der Waals surface area contributed by atoms with E-state index in [0.717, 1.165) is 22.4 Å². The number of halogens is 1. The molecule has 0 atom stereocenters. The summed E-state index contributed by atoms with van der Waals surface area (Å²) in [7, 11) is 1.64. The molecule has 0 aliphatic carbocycles. The lowest BCUT2D eigenvalue weighted by Gasteiger charge is -2.13. The SMILES string of the molecule is COc1ccc(-c2ccc(Cn3c(C)nc4ccc(NC(=O)Nc5cccc(Cl)c5)cc4c3=O)cc2)cc1. The topological polar surface area (TPSA) is 85.2 Å². The van der Waals surface area contributed by atoms with E-state index < -0.39 is 6.03 Å². The van der Waals surface area contributed by atoms with E-state index in [1.807, 2.05) is 55.5 Å². The van der Waals surface area contributed by atoms with Crippen molar-refractivity contribution in [2.24, 2.45) is 0 Å². The monoisotopic (exact) mass is 524 g/mol. The summed E-state index contributed by atoms with van der Waals surface area (Å²) in [4.78, 5) is 30.5. The maximum absolute atomic E-state index is 13.4. The van der Waals surface area contributed by atoms with Crippen LogP contribution in [0.1, 0.15) is 11.4 Å². The van der Waals surface area contributed by atoms with Crippen molar-refractivity contribution in [2.45, 2.75) is 13.5 Å². The molecule has 0 spiro atoms. The Hall–Kier alpha value is -4.62. The van der Waals surface area contributed by atoms with Crippen LogP contribution in [0.2, 0.25) is 5.02 Å². The second-order valence-corrected chi connectivity index (χ2v) is 9.23. The van der Waals surface area contributed by atoms with Crippen molar-refractivity contribution in [1.29, 1.82) is 0 Å². The van der Waals surface area contributed by atoms with Crippen LogP contribution in [0.3, 0.4) is 0 Å². The molecular formula is C30H25ClN4O3. The summed E-state index contributed by atoms with van der Waals surface area (Å²) in [5.41, 5.74) is 4.57. The summed E-state index contributed by atoms with van der Waals surface area (Å²) in [5, 5.41) is 6.44. The first-order valence-electron chi connectivity index (χ1n) is 12.0. The molecular weight excluding hydrogens is 500 g/mol. The zero-order chi connectivity index (χ0) is 26.6. The van der Waals surface area contributed by atoms with Crippen LogP contribution >= 0.6 is 11.6 Å². The van der Waals surface area contributed by atoms with Crippen molar-refractivity contribution in [3.8, 4) is 16.9 Å². The van der Waals surface area contributed by atoms with Gasteiger partial charge in [0.2, 0.25) is 0 Å². The molecule has 0 saturated carbocycles. The van der Waals surface area contributed by atoms with E-state index in [9.17, 15) is 9.59 Å². The van der Waals surface area contributed by atoms with Crippen LogP contribution in [-0.4, -0.2) is 22.7 Å². The Kier molecular flexibility index (Phi) is 7.11. The number of aromatic nitrogens is 2. The average molecular weight is 525 g/mol. The van der Waals surface area contributed by atoms with Gasteiger partial charge < -0.3 is 15.4 Å². The number of urea groups is 1. The molecule has 0 fully saturated rings. The third-order valence-corrected chi connectivity index (χ3v) is 6.44. The van der Waals surface area contributed by atoms with Gasteiger partial charge in [0.15, 0.2) is 0 Å². The first-order valence-corrected chi connectivity index (χ1v) is 12.4. The number of fused-ring (bicyclic) bond motifs is 1. The normalized spacial score (nSPS) is 10.8.